The molecular formula is C22H23N3O4. The molecule has 2 aromatic carbocycles. The van der Waals surface area contributed by atoms with Crippen LogP contribution in [0.25, 0.3) is 0 Å². The summed E-state index contributed by atoms with van der Waals surface area (Å²) in [6.07, 6.45) is 1.13. The molecule has 7 nitrogen and oxygen atoms in total. The average molecular weight is 393 g/mol. The molecule has 0 bridgehead atoms. The highest BCUT2D eigenvalue weighted by atomic mass is 16.6. The van der Waals surface area contributed by atoms with E-state index < -0.39 is 0 Å². The maximum Gasteiger partial charge on any atom is 0.322 e. The van der Waals surface area contributed by atoms with Gasteiger partial charge in [-0.1, -0.05) is 18.2 Å². The predicted octanol–water partition coefficient (Wildman–Crippen LogP) is 2.72. The number of hydrogen-bond donors (Lipinski definition) is 1. The normalized spacial score (nSPS) is 22.6. The molecule has 29 heavy (non-hydrogen) atoms. The van der Waals surface area contributed by atoms with Gasteiger partial charge in [0.25, 0.3) is 0 Å². The average Bonchev–Trinajstić information content (AvgIpc) is 3.26. The SMILES string of the molecule is C[C@@H]1Cc2ccccc2N1C(=O)N[C@@H]1CC(=O)N(c2ccc3c(c2)OCCO3)C1. The number of para-hydroxylation sites is 1. The first-order valence-corrected chi connectivity index (χ1v) is 9.98. The van der Waals surface area contributed by atoms with Crippen molar-refractivity contribution in [1.82, 2.24) is 5.32 Å². The van der Waals surface area contributed by atoms with E-state index in [9.17, 15) is 9.59 Å². The second kappa shape index (κ2) is 6.99. The molecule has 1 saturated heterocycles. The molecule has 7 heteroatoms. The number of amides is 3. The van der Waals surface area contributed by atoms with Gasteiger partial charge in [-0.2, -0.15) is 0 Å². The van der Waals surface area contributed by atoms with Crippen molar-refractivity contribution in [2.75, 3.05) is 29.6 Å². The number of benzene rings is 2. The van der Waals surface area contributed by atoms with Crippen molar-refractivity contribution in [3.8, 4) is 11.5 Å². The number of rotatable bonds is 2. The van der Waals surface area contributed by atoms with Gasteiger partial charge in [-0.15, -0.1) is 0 Å². The second-order valence-corrected chi connectivity index (χ2v) is 7.73. The zero-order chi connectivity index (χ0) is 20.0. The number of ether oxygens (including phenoxy) is 2. The number of hydrogen-bond acceptors (Lipinski definition) is 4. The highest BCUT2D eigenvalue weighted by molar-refractivity contribution is 5.99. The van der Waals surface area contributed by atoms with Gasteiger partial charge in [0.1, 0.15) is 13.2 Å². The van der Waals surface area contributed by atoms with Crippen LogP contribution in [-0.4, -0.2) is 43.8 Å². The van der Waals surface area contributed by atoms with E-state index in [2.05, 4.69) is 11.4 Å². The largest absolute Gasteiger partial charge is 0.486 e. The number of carbonyl (C=O) groups excluding carboxylic acids is 2. The lowest BCUT2D eigenvalue weighted by Gasteiger charge is -2.25. The van der Waals surface area contributed by atoms with Gasteiger partial charge in [-0.25, -0.2) is 4.79 Å². The van der Waals surface area contributed by atoms with Crippen molar-refractivity contribution in [2.45, 2.75) is 31.8 Å². The van der Waals surface area contributed by atoms with E-state index in [1.54, 1.807) is 9.80 Å². The third kappa shape index (κ3) is 3.16. The minimum absolute atomic E-state index is 0.0122. The molecule has 0 unspecified atom stereocenters. The van der Waals surface area contributed by atoms with E-state index in [4.69, 9.17) is 9.47 Å². The molecule has 0 saturated carbocycles. The summed E-state index contributed by atoms with van der Waals surface area (Å²) in [6, 6.07) is 13.2. The molecule has 5 rings (SSSR count). The lowest BCUT2D eigenvalue weighted by molar-refractivity contribution is -0.117. The summed E-state index contributed by atoms with van der Waals surface area (Å²) in [7, 11) is 0. The highest BCUT2D eigenvalue weighted by Crippen LogP contribution is 2.35. The Morgan fingerprint density at radius 1 is 1.07 bits per heavy atom. The van der Waals surface area contributed by atoms with Crippen molar-refractivity contribution in [2.24, 2.45) is 0 Å². The number of nitrogens with one attached hydrogen (secondary N) is 1. The zero-order valence-electron chi connectivity index (χ0n) is 16.3. The summed E-state index contributed by atoms with van der Waals surface area (Å²) in [5.74, 6) is 1.33. The van der Waals surface area contributed by atoms with E-state index in [1.165, 1.54) is 5.56 Å². The minimum Gasteiger partial charge on any atom is -0.486 e. The molecule has 3 aliphatic rings. The first kappa shape index (κ1) is 17.8. The van der Waals surface area contributed by atoms with Gasteiger partial charge >= 0.3 is 6.03 Å². The minimum atomic E-state index is -0.233. The van der Waals surface area contributed by atoms with Crippen LogP contribution in [0, 0.1) is 0 Å². The molecule has 3 heterocycles. The van der Waals surface area contributed by atoms with Crippen LogP contribution < -0.4 is 24.6 Å². The Morgan fingerprint density at radius 3 is 2.72 bits per heavy atom. The predicted molar refractivity (Wildman–Crippen MR) is 109 cm³/mol. The second-order valence-electron chi connectivity index (χ2n) is 7.73. The quantitative estimate of drug-likeness (QED) is 0.852. The van der Waals surface area contributed by atoms with Gasteiger partial charge in [-0.3, -0.25) is 9.69 Å². The van der Waals surface area contributed by atoms with Gasteiger partial charge in [0.15, 0.2) is 11.5 Å². The number of anilines is 2. The summed E-state index contributed by atoms with van der Waals surface area (Å²) < 4.78 is 11.2. The molecule has 0 radical (unpaired) electrons. The summed E-state index contributed by atoms with van der Waals surface area (Å²) in [5.41, 5.74) is 2.89. The Labute approximate surface area is 169 Å². The van der Waals surface area contributed by atoms with Gasteiger partial charge in [0.2, 0.25) is 5.91 Å². The van der Waals surface area contributed by atoms with E-state index in [0.717, 1.165) is 17.8 Å². The first-order chi connectivity index (χ1) is 14.1. The number of urea groups is 1. The molecule has 1 N–H and O–H groups in total. The summed E-state index contributed by atoms with van der Waals surface area (Å²) in [5, 5.41) is 3.05. The third-order valence-corrected chi connectivity index (χ3v) is 5.72. The van der Waals surface area contributed by atoms with Crippen molar-refractivity contribution < 1.29 is 19.1 Å². The van der Waals surface area contributed by atoms with Crippen molar-refractivity contribution in [3.63, 3.8) is 0 Å². The molecule has 0 aromatic heterocycles. The van der Waals surface area contributed by atoms with Crippen LogP contribution in [0.3, 0.4) is 0 Å². The van der Waals surface area contributed by atoms with Crippen molar-refractivity contribution in [1.29, 1.82) is 0 Å². The molecular weight excluding hydrogens is 370 g/mol. The van der Waals surface area contributed by atoms with Gasteiger partial charge in [-0.05, 0) is 37.1 Å². The summed E-state index contributed by atoms with van der Waals surface area (Å²) in [4.78, 5) is 29.1. The van der Waals surface area contributed by atoms with E-state index in [0.29, 0.717) is 31.3 Å². The van der Waals surface area contributed by atoms with Crippen LogP contribution in [0.5, 0.6) is 11.5 Å². The highest BCUT2D eigenvalue weighted by Gasteiger charge is 2.36. The monoisotopic (exact) mass is 393 g/mol. The standard InChI is InChI=1S/C22H23N3O4/c1-14-10-15-4-2-3-5-18(15)25(14)22(27)23-16-11-21(26)24(13-16)17-6-7-19-20(12-17)29-9-8-28-19/h2-7,12,14,16H,8-11,13H2,1H3,(H,23,27)/t14-,16-/m1/s1. The summed E-state index contributed by atoms with van der Waals surface area (Å²) in [6.45, 7) is 3.51. The molecule has 1 fully saturated rings. The Kier molecular flexibility index (Phi) is 4.30. The summed E-state index contributed by atoms with van der Waals surface area (Å²) >= 11 is 0. The number of fused-ring (bicyclic) bond motifs is 2. The number of nitrogens with zero attached hydrogens (tertiary/aromatic N) is 2. The van der Waals surface area contributed by atoms with Crippen LogP contribution in [0.15, 0.2) is 42.5 Å². The maximum atomic E-state index is 13.0. The Morgan fingerprint density at radius 2 is 1.86 bits per heavy atom. The lowest BCUT2D eigenvalue weighted by atomic mass is 10.1. The molecule has 2 aromatic rings. The van der Waals surface area contributed by atoms with Crippen LogP contribution in [0.2, 0.25) is 0 Å². The number of carbonyl (C=O) groups is 2. The van der Waals surface area contributed by atoms with Crippen molar-refractivity contribution in [3.05, 3.63) is 48.0 Å². The molecule has 3 amide bonds. The fourth-order valence-electron chi connectivity index (χ4n) is 4.37. The molecule has 150 valence electrons. The molecule has 0 aliphatic carbocycles. The zero-order valence-corrected chi connectivity index (χ0v) is 16.3. The molecule has 3 aliphatic heterocycles. The van der Waals surface area contributed by atoms with Crippen LogP contribution in [-0.2, 0) is 11.2 Å². The van der Waals surface area contributed by atoms with E-state index in [-0.39, 0.29) is 30.4 Å². The van der Waals surface area contributed by atoms with Crippen molar-refractivity contribution >= 4 is 23.3 Å². The van der Waals surface area contributed by atoms with Crippen LogP contribution >= 0.6 is 0 Å². The Balaban J connectivity index is 1.29. The van der Waals surface area contributed by atoms with Gasteiger partial charge in [0, 0.05) is 36.4 Å². The maximum absolute atomic E-state index is 13.0. The lowest BCUT2D eigenvalue weighted by Crippen LogP contribution is -2.48. The Hall–Kier alpha value is -3.22. The first-order valence-electron chi connectivity index (χ1n) is 9.98. The van der Waals surface area contributed by atoms with Crippen LogP contribution in [0.4, 0.5) is 16.2 Å². The van der Waals surface area contributed by atoms with Crippen LogP contribution in [0.1, 0.15) is 18.9 Å². The van der Waals surface area contributed by atoms with E-state index in [1.807, 2.05) is 43.3 Å². The fraction of sp³-hybridized carbons (Fsp3) is 0.364. The van der Waals surface area contributed by atoms with E-state index >= 15 is 0 Å². The Bertz CT molecular complexity index is 976. The smallest absolute Gasteiger partial charge is 0.322 e. The van der Waals surface area contributed by atoms with Gasteiger partial charge in [0.05, 0.1) is 6.04 Å². The van der Waals surface area contributed by atoms with Gasteiger partial charge < -0.3 is 19.7 Å². The molecule has 2 atom stereocenters. The fourth-order valence-corrected chi connectivity index (χ4v) is 4.37. The topological polar surface area (TPSA) is 71.1 Å². The third-order valence-electron chi connectivity index (χ3n) is 5.72. The molecule has 0 spiro atoms.